The summed E-state index contributed by atoms with van der Waals surface area (Å²) >= 11 is 0. The van der Waals surface area contributed by atoms with Crippen LogP contribution in [0.15, 0.2) is 36.5 Å². The van der Waals surface area contributed by atoms with Crippen LogP contribution in [0.25, 0.3) is 0 Å². The van der Waals surface area contributed by atoms with Crippen molar-refractivity contribution in [3.8, 4) is 0 Å². The highest BCUT2D eigenvalue weighted by Gasteiger charge is 2.09. The molecule has 0 radical (unpaired) electrons. The van der Waals surface area contributed by atoms with Crippen molar-refractivity contribution in [2.75, 3.05) is 17.2 Å². The zero-order valence-corrected chi connectivity index (χ0v) is 11.9. The minimum absolute atomic E-state index is 0.223. The van der Waals surface area contributed by atoms with E-state index in [-0.39, 0.29) is 5.69 Å². The molecule has 2 rings (SSSR count). The fourth-order valence-electron chi connectivity index (χ4n) is 1.63. The highest BCUT2D eigenvalue weighted by molar-refractivity contribution is 6.02. The quantitative estimate of drug-likeness (QED) is 0.887. The van der Waals surface area contributed by atoms with Crippen LogP contribution in [-0.4, -0.2) is 22.4 Å². The van der Waals surface area contributed by atoms with Gasteiger partial charge in [-0.05, 0) is 30.2 Å². The van der Waals surface area contributed by atoms with Gasteiger partial charge in [-0.3, -0.25) is 4.79 Å². The number of rotatable bonds is 5. The maximum absolute atomic E-state index is 13.1. The van der Waals surface area contributed by atoms with Crippen molar-refractivity contribution in [3.05, 3.63) is 48.0 Å². The van der Waals surface area contributed by atoms with E-state index in [4.69, 9.17) is 0 Å². The molecule has 21 heavy (non-hydrogen) atoms. The van der Waals surface area contributed by atoms with Crippen LogP contribution in [0.3, 0.4) is 0 Å². The second-order valence-electron chi connectivity index (χ2n) is 5.00. The summed E-state index contributed by atoms with van der Waals surface area (Å²) in [7, 11) is 0. The summed E-state index contributed by atoms with van der Waals surface area (Å²) in [6.07, 6.45) is 1.51. The molecule has 1 heterocycles. The molecule has 110 valence electrons. The highest BCUT2D eigenvalue weighted by atomic mass is 19.1. The third-order valence-corrected chi connectivity index (χ3v) is 2.64. The molecule has 0 atom stereocenters. The van der Waals surface area contributed by atoms with Crippen LogP contribution < -0.4 is 10.6 Å². The van der Waals surface area contributed by atoms with Gasteiger partial charge in [-0.1, -0.05) is 19.9 Å². The molecule has 0 bridgehead atoms. The Hall–Kier alpha value is -2.50. The van der Waals surface area contributed by atoms with E-state index < -0.39 is 11.7 Å². The van der Waals surface area contributed by atoms with Gasteiger partial charge in [0.1, 0.15) is 11.5 Å². The first kappa shape index (κ1) is 14.9. The van der Waals surface area contributed by atoms with E-state index in [9.17, 15) is 9.18 Å². The van der Waals surface area contributed by atoms with Crippen LogP contribution in [0.2, 0.25) is 0 Å². The molecule has 1 aromatic carbocycles. The standard InChI is InChI=1S/C15H17FN4O/c1-10(2)9-18-15-17-7-6-13(20-15)14(21)19-12-5-3-4-11(16)8-12/h3-8,10H,9H2,1-2H3,(H,19,21)(H,17,18,20). The molecule has 0 aliphatic carbocycles. The van der Waals surface area contributed by atoms with Gasteiger partial charge < -0.3 is 10.6 Å². The molecule has 0 fully saturated rings. The fourth-order valence-corrected chi connectivity index (χ4v) is 1.63. The molecule has 0 saturated carbocycles. The first-order chi connectivity index (χ1) is 10.0. The van der Waals surface area contributed by atoms with E-state index in [0.717, 1.165) is 6.54 Å². The molecule has 0 aliphatic heterocycles. The van der Waals surface area contributed by atoms with Crippen LogP contribution in [0.5, 0.6) is 0 Å². The number of anilines is 2. The van der Waals surface area contributed by atoms with E-state index in [1.165, 1.54) is 30.5 Å². The Morgan fingerprint density at radius 3 is 2.86 bits per heavy atom. The van der Waals surface area contributed by atoms with Crippen molar-refractivity contribution in [3.63, 3.8) is 0 Å². The molecular formula is C15H17FN4O. The Morgan fingerprint density at radius 1 is 1.33 bits per heavy atom. The maximum Gasteiger partial charge on any atom is 0.274 e. The van der Waals surface area contributed by atoms with Crippen LogP contribution >= 0.6 is 0 Å². The van der Waals surface area contributed by atoms with Crippen molar-refractivity contribution < 1.29 is 9.18 Å². The Bertz CT molecular complexity index is 631. The van der Waals surface area contributed by atoms with Crippen LogP contribution in [0, 0.1) is 11.7 Å². The average molecular weight is 288 g/mol. The summed E-state index contributed by atoms with van der Waals surface area (Å²) < 4.78 is 13.1. The zero-order chi connectivity index (χ0) is 15.2. The molecule has 0 unspecified atom stereocenters. The zero-order valence-electron chi connectivity index (χ0n) is 11.9. The third-order valence-electron chi connectivity index (χ3n) is 2.64. The Labute approximate surface area is 122 Å². The first-order valence-electron chi connectivity index (χ1n) is 6.68. The van der Waals surface area contributed by atoms with Gasteiger partial charge in [0.15, 0.2) is 0 Å². The van der Waals surface area contributed by atoms with Crippen molar-refractivity contribution in [1.82, 2.24) is 9.97 Å². The lowest BCUT2D eigenvalue weighted by Gasteiger charge is -2.08. The van der Waals surface area contributed by atoms with Crippen LogP contribution in [0.4, 0.5) is 16.0 Å². The molecule has 0 spiro atoms. The monoisotopic (exact) mass is 288 g/mol. The van der Waals surface area contributed by atoms with Gasteiger partial charge in [0, 0.05) is 18.4 Å². The Balaban J connectivity index is 2.07. The number of aromatic nitrogens is 2. The summed E-state index contributed by atoms with van der Waals surface area (Å²) in [6.45, 7) is 4.84. The average Bonchev–Trinajstić information content (AvgIpc) is 2.45. The highest BCUT2D eigenvalue weighted by Crippen LogP contribution is 2.11. The number of benzene rings is 1. The van der Waals surface area contributed by atoms with Gasteiger partial charge in [-0.2, -0.15) is 0 Å². The largest absolute Gasteiger partial charge is 0.354 e. The molecule has 6 heteroatoms. The molecule has 1 aromatic heterocycles. The van der Waals surface area contributed by atoms with Crippen molar-refractivity contribution in [2.45, 2.75) is 13.8 Å². The van der Waals surface area contributed by atoms with Gasteiger partial charge in [0.25, 0.3) is 5.91 Å². The summed E-state index contributed by atoms with van der Waals surface area (Å²) in [4.78, 5) is 20.3. The SMILES string of the molecule is CC(C)CNc1nccc(C(=O)Nc2cccc(F)c2)n1. The summed E-state index contributed by atoms with van der Waals surface area (Å²) in [6, 6.07) is 7.21. The lowest BCUT2D eigenvalue weighted by molar-refractivity contribution is 0.102. The number of halogens is 1. The second-order valence-corrected chi connectivity index (χ2v) is 5.00. The lowest BCUT2D eigenvalue weighted by Crippen LogP contribution is -2.16. The predicted octanol–water partition coefficient (Wildman–Crippen LogP) is 2.94. The van der Waals surface area contributed by atoms with E-state index in [1.807, 2.05) is 0 Å². The third kappa shape index (κ3) is 4.52. The normalized spacial score (nSPS) is 10.5. The number of nitrogens with one attached hydrogen (secondary N) is 2. The van der Waals surface area contributed by atoms with Gasteiger partial charge in [-0.15, -0.1) is 0 Å². The van der Waals surface area contributed by atoms with Gasteiger partial charge >= 0.3 is 0 Å². The van der Waals surface area contributed by atoms with Gasteiger partial charge in [0.05, 0.1) is 0 Å². The first-order valence-corrected chi connectivity index (χ1v) is 6.68. The molecule has 0 saturated heterocycles. The van der Waals surface area contributed by atoms with E-state index in [0.29, 0.717) is 17.6 Å². The molecule has 2 aromatic rings. The van der Waals surface area contributed by atoms with Crippen molar-refractivity contribution >= 4 is 17.5 Å². The molecule has 1 amide bonds. The van der Waals surface area contributed by atoms with Gasteiger partial charge in [-0.25, -0.2) is 14.4 Å². The molecule has 5 nitrogen and oxygen atoms in total. The second kappa shape index (κ2) is 6.78. The Morgan fingerprint density at radius 2 is 2.14 bits per heavy atom. The maximum atomic E-state index is 13.1. The smallest absolute Gasteiger partial charge is 0.274 e. The van der Waals surface area contributed by atoms with E-state index >= 15 is 0 Å². The molecule has 0 aliphatic rings. The summed E-state index contributed by atoms with van der Waals surface area (Å²) in [5, 5.41) is 5.64. The number of hydrogen-bond acceptors (Lipinski definition) is 4. The van der Waals surface area contributed by atoms with Crippen LogP contribution in [-0.2, 0) is 0 Å². The minimum atomic E-state index is -0.408. The van der Waals surface area contributed by atoms with E-state index in [2.05, 4.69) is 34.4 Å². The number of nitrogens with zero attached hydrogens (tertiary/aromatic N) is 2. The molecule has 2 N–H and O–H groups in total. The van der Waals surface area contributed by atoms with Crippen molar-refractivity contribution in [1.29, 1.82) is 0 Å². The lowest BCUT2D eigenvalue weighted by atomic mass is 10.2. The number of amides is 1. The number of carbonyl (C=O) groups is 1. The topological polar surface area (TPSA) is 66.9 Å². The summed E-state index contributed by atoms with van der Waals surface area (Å²) in [5.74, 6) is 0.0272. The Kier molecular flexibility index (Phi) is 4.81. The summed E-state index contributed by atoms with van der Waals surface area (Å²) in [5.41, 5.74) is 0.607. The van der Waals surface area contributed by atoms with Gasteiger partial charge in [0.2, 0.25) is 5.95 Å². The molecular weight excluding hydrogens is 271 g/mol. The fraction of sp³-hybridized carbons (Fsp3) is 0.267. The predicted molar refractivity (Wildman–Crippen MR) is 79.7 cm³/mol. The number of carbonyl (C=O) groups excluding carboxylic acids is 1. The van der Waals surface area contributed by atoms with E-state index in [1.54, 1.807) is 6.07 Å². The van der Waals surface area contributed by atoms with Crippen molar-refractivity contribution in [2.24, 2.45) is 5.92 Å². The minimum Gasteiger partial charge on any atom is -0.354 e. The van der Waals surface area contributed by atoms with Crippen LogP contribution in [0.1, 0.15) is 24.3 Å². The number of hydrogen-bond donors (Lipinski definition) is 2.